The van der Waals surface area contributed by atoms with Crippen LogP contribution in [0.5, 0.6) is 5.75 Å². The fourth-order valence-electron chi connectivity index (χ4n) is 1.72. The summed E-state index contributed by atoms with van der Waals surface area (Å²) < 4.78 is 10.3. The van der Waals surface area contributed by atoms with E-state index in [0.717, 1.165) is 5.75 Å². The van der Waals surface area contributed by atoms with Crippen molar-refractivity contribution in [1.82, 2.24) is 10.3 Å². The van der Waals surface area contributed by atoms with Gasteiger partial charge in [0, 0.05) is 19.2 Å². The molecule has 0 aliphatic carbocycles. The highest BCUT2D eigenvalue weighted by Gasteiger charge is 2.31. The Labute approximate surface area is 93.8 Å². The van der Waals surface area contributed by atoms with Gasteiger partial charge in [0.25, 0.3) is 0 Å². The second kappa shape index (κ2) is 4.94. The Hall–Kier alpha value is -1.62. The fourth-order valence-corrected chi connectivity index (χ4v) is 1.72. The first-order valence-electron chi connectivity index (χ1n) is 5.17. The van der Waals surface area contributed by atoms with E-state index in [2.05, 4.69) is 15.0 Å². The molecule has 1 saturated heterocycles. The van der Waals surface area contributed by atoms with Crippen LogP contribution in [0.1, 0.15) is 6.42 Å². The van der Waals surface area contributed by atoms with E-state index < -0.39 is 0 Å². The molecule has 1 fully saturated rings. The number of pyridine rings is 1. The summed E-state index contributed by atoms with van der Waals surface area (Å²) in [7, 11) is 1.39. The molecule has 1 N–H and O–H groups in total. The first-order chi connectivity index (χ1) is 7.79. The van der Waals surface area contributed by atoms with Crippen LogP contribution in [0, 0.1) is 0 Å². The lowest BCUT2D eigenvalue weighted by atomic mass is 10.2. The molecule has 0 spiro atoms. The number of rotatable bonds is 3. The van der Waals surface area contributed by atoms with E-state index in [1.165, 1.54) is 7.11 Å². The van der Waals surface area contributed by atoms with Crippen molar-refractivity contribution in [2.24, 2.45) is 0 Å². The van der Waals surface area contributed by atoms with E-state index in [0.29, 0.717) is 13.0 Å². The molecule has 5 heteroatoms. The summed E-state index contributed by atoms with van der Waals surface area (Å²) in [5.41, 5.74) is 0. The minimum atomic E-state index is -0.258. The molecule has 0 amide bonds. The average molecular weight is 222 g/mol. The van der Waals surface area contributed by atoms with Gasteiger partial charge in [-0.05, 0) is 12.1 Å². The quantitative estimate of drug-likeness (QED) is 0.748. The van der Waals surface area contributed by atoms with Crippen molar-refractivity contribution in [2.45, 2.75) is 18.6 Å². The zero-order chi connectivity index (χ0) is 11.4. The van der Waals surface area contributed by atoms with Crippen molar-refractivity contribution < 1.29 is 14.3 Å². The number of nitrogens with one attached hydrogen (secondary N) is 1. The minimum absolute atomic E-state index is 0.00620. The molecule has 0 aromatic carbocycles. The topological polar surface area (TPSA) is 60.5 Å². The van der Waals surface area contributed by atoms with Crippen molar-refractivity contribution in [2.75, 3.05) is 13.7 Å². The first-order valence-corrected chi connectivity index (χ1v) is 5.17. The first kappa shape index (κ1) is 10.9. The highest BCUT2D eigenvalue weighted by Crippen LogP contribution is 2.16. The van der Waals surface area contributed by atoms with Crippen molar-refractivity contribution in [3.8, 4) is 5.75 Å². The van der Waals surface area contributed by atoms with E-state index in [4.69, 9.17) is 4.74 Å². The van der Waals surface area contributed by atoms with Gasteiger partial charge in [-0.3, -0.25) is 9.78 Å². The van der Waals surface area contributed by atoms with Crippen molar-refractivity contribution >= 4 is 5.97 Å². The maximum Gasteiger partial charge on any atom is 0.323 e. The zero-order valence-corrected chi connectivity index (χ0v) is 9.05. The van der Waals surface area contributed by atoms with Gasteiger partial charge in [-0.2, -0.15) is 0 Å². The number of carbonyl (C=O) groups is 1. The highest BCUT2D eigenvalue weighted by molar-refractivity contribution is 5.76. The van der Waals surface area contributed by atoms with Gasteiger partial charge in [-0.1, -0.05) is 0 Å². The van der Waals surface area contributed by atoms with E-state index in [1.807, 2.05) is 12.1 Å². The molecule has 0 unspecified atom stereocenters. The number of carbonyl (C=O) groups excluding carboxylic acids is 1. The fraction of sp³-hybridized carbons (Fsp3) is 0.455. The lowest BCUT2D eigenvalue weighted by molar-refractivity contribution is -0.142. The Morgan fingerprint density at radius 3 is 3.19 bits per heavy atom. The summed E-state index contributed by atoms with van der Waals surface area (Å²) in [4.78, 5) is 15.2. The van der Waals surface area contributed by atoms with Gasteiger partial charge >= 0.3 is 5.97 Å². The molecule has 5 nitrogen and oxygen atoms in total. The van der Waals surface area contributed by atoms with Gasteiger partial charge in [-0.25, -0.2) is 0 Å². The predicted octanol–water partition coefficient (Wildman–Crippen LogP) is 0.364. The Morgan fingerprint density at radius 1 is 1.62 bits per heavy atom. The lowest BCUT2D eigenvalue weighted by Crippen LogP contribution is -2.31. The van der Waals surface area contributed by atoms with Gasteiger partial charge < -0.3 is 14.8 Å². The Bertz CT molecular complexity index is 356. The van der Waals surface area contributed by atoms with Crippen LogP contribution in [0.25, 0.3) is 0 Å². The smallest absolute Gasteiger partial charge is 0.323 e. The molecule has 2 heterocycles. The maximum atomic E-state index is 11.3. The molecule has 1 aromatic rings. The lowest BCUT2D eigenvalue weighted by Gasteiger charge is -2.11. The SMILES string of the molecule is COC(=O)[C@@H]1C[C@@H](Oc2cccnc2)CN1. The number of methoxy groups -OCH3 is 1. The molecule has 2 atom stereocenters. The monoisotopic (exact) mass is 222 g/mol. The van der Waals surface area contributed by atoms with Gasteiger partial charge in [0.15, 0.2) is 0 Å². The summed E-state index contributed by atoms with van der Waals surface area (Å²) in [6.45, 7) is 0.647. The summed E-state index contributed by atoms with van der Waals surface area (Å²) in [6, 6.07) is 3.40. The molecule has 0 bridgehead atoms. The van der Waals surface area contributed by atoms with Gasteiger partial charge in [0.1, 0.15) is 17.9 Å². The van der Waals surface area contributed by atoms with Crippen LogP contribution in [-0.4, -0.2) is 36.8 Å². The standard InChI is InChI=1S/C11H14N2O3/c1-15-11(14)10-5-9(7-13-10)16-8-3-2-4-12-6-8/h2-4,6,9-10,13H,5,7H2,1H3/t9-,10+/m1/s1. The third-order valence-electron chi connectivity index (χ3n) is 2.51. The van der Waals surface area contributed by atoms with E-state index in [-0.39, 0.29) is 18.1 Å². The average Bonchev–Trinajstić information content (AvgIpc) is 2.78. The number of aromatic nitrogens is 1. The van der Waals surface area contributed by atoms with Crippen molar-refractivity contribution in [3.05, 3.63) is 24.5 Å². The van der Waals surface area contributed by atoms with Crippen LogP contribution in [0.3, 0.4) is 0 Å². The molecule has 0 radical (unpaired) electrons. The van der Waals surface area contributed by atoms with Crippen LogP contribution in [0.2, 0.25) is 0 Å². The normalized spacial score (nSPS) is 24.1. The number of hydrogen-bond donors (Lipinski definition) is 1. The number of ether oxygens (including phenoxy) is 2. The van der Waals surface area contributed by atoms with E-state index in [1.54, 1.807) is 12.4 Å². The largest absolute Gasteiger partial charge is 0.487 e. The van der Waals surface area contributed by atoms with E-state index >= 15 is 0 Å². The highest BCUT2D eigenvalue weighted by atomic mass is 16.5. The van der Waals surface area contributed by atoms with Crippen molar-refractivity contribution in [3.63, 3.8) is 0 Å². The molecule has 2 rings (SSSR count). The Balaban J connectivity index is 1.88. The molecule has 86 valence electrons. The van der Waals surface area contributed by atoms with Gasteiger partial charge in [0.2, 0.25) is 0 Å². The summed E-state index contributed by atoms with van der Waals surface area (Å²) in [5.74, 6) is 0.483. The third-order valence-corrected chi connectivity index (χ3v) is 2.51. The number of nitrogens with zero attached hydrogens (tertiary/aromatic N) is 1. The zero-order valence-electron chi connectivity index (χ0n) is 9.05. The molecule has 0 saturated carbocycles. The predicted molar refractivity (Wildman–Crippen MR) is 57.1 cm³/mol. The Morgan fingerprint density at radius 2 is 2.50 bits per heavy atom. The van der Waals surface area contributed by atoms with Crippen LogP contribution in [-0.2, 0) is 9.53 Å². The van der Waals surface area contributed by atoms with Crippen LogP contribution in [0.15, 0.2) is 24.5 Å². The molecular weight excluding hydrogens is 208 g/mol. The molecule has 1 aliphatic rings. The number of hydrogen-bond acceptors (Lipinski definition) is 5. The van der Waals surface area contributed by atoms with Crippen LogP contribution in [0.4, 0.5) is 0 Å². The molecule has 1 aromatic heterocycles. The van der Waals surface area contributed by atoms with Gasteiger partial charge in [0.05, 0.1) is 13.3 Å². The molecule has 16 heavy (non-hydrogen) atoms. The van der Waals surface area contributed by atoms with Gasteiger partial charge in [-0.15, -0.1) is 0 Å². The van der Waals surface area contributed by atoms with E-state index in [9.17, 15) is 4.79 Å². The second-order valence-corrected chi connectivity index (χ2v) is 3.65. The minimum Gasteiger partial charge on any atom is -0.487 e. The van der Waals surface area contributed by atoms with Crippen LogP contribution >= 0.6 is 0 Å². The second-order valence-electron chi connectivity index (χ2n) is 3.65. The maximum absolute atomic E-state index is 11.3. The number of esters is 1. The summed E-state index contributed by atoms with van der Waals surface area (Å²) in [5, 5.41) is 3.06. The summed E-state index contributed by atoms with van der Waals surface area (Å²) in [6.07, 6.45) is 3.97. The molecule has 1 aliphatic heterocycles. The summed E-state index contributed by atoms with van der Waals surface area (Å²) >= 11 is 0. The van der Waals surface area contributed by atoms with Crippen molar-refractivity contribution in [1.29, 1.82) is 0 Å². The van der Waals surface area contributed by atoms with Crippen LogP contribution < -0.4 is 10.1 Å². The third kappa shape index (κ3) is 2.49. The molecular formula is C11H14N2O3. The Kier molecular flexibility index (Phi) is 3.36.